The van der Waals surface area contributed by atoms with Crippen molar-refractivity contribution in [3.63, 3.8) is 0 Å². The first-order valence-corrected chi connectivity index (χ1v) is 8.37. The van der Waals surface area contributed by atoms with Gasteiger partial charge in [-0.15, -0.1) is 0 Å². The minimum absolute atomic E-state index is 0.0856. The highest BCUT2D eigenvalue weighted by Crippen LogP contribution is 2.39. The smallest absolute Gasteiger partial charge is 0.268 e. The summed E-state index contributed by atoms with van der Waals surface area (Å²) in [5.74, 6) is -0.513. The largest absolute Gasteiger partial charge is 0.293 e. The van der Waals surface area contributed by atoms with Crippen LogP contribution >= 0.6 is 24.0 Å². The van der Waals surface area contributed by atoms with Gasteiger partial charge in [-0.3, -0.25) is 29.9 Å². The van der Waals surface area contributed by atoms with Gasteiger partial charge in [0.2, 0.25) is 0 Å². The van der Waals surface area contributed by atoms with Crippen LogP contribution in [-0.4, -0.2) is 20.1 Å². The molecule has 1 aliphatic rings. The Hall–Kier alpha value is -3.11. The summed E-state index contributed by atoms with van der Waals surface area (Å²) >= 11 is 6.19. The Labute approximate surface area is 156 Å². The summed E-state index contributed by atoms with van der Waals surface area (Å²) in [7, 11) is 0. The minimum Gasteiger partial charge on any atom is -0.268 e. The lowest BCUT2D eigenvalue weighted by Crippen LogP contribution is -2.28. The van der Waals surface area contributed by atoms with Crippen LogP contribution in [0.25, 0.3) is 6.08 Å². The van der Waals surface area contributed by atoms with Crippen LogP contribution in [0, 0.1) is 20.2 Å². The number of thioether (sulfide) groups is 1. The standard InChI is InChI=1S/C16H9N3O5S2/c20-15-14(9-10-4-3-5-11(8-10)18(21)22)26-16(25)17(15)12-6-1-2-7-13(12)19(23)24/h1-9H/b14-9-. The lowest BCUT2D eigenvalue weighted by atomic mass is 10.2. The molecule has 1 fully saturated rings. The first-order valence-electron chi connectivity index (χ1n) is 7.14. The number of nitro groups is 2. The van der Waals surface area contributed by atoms with Crippen LogP contribution in [0.5, 0.6) is 0 Å². The number of non-ortho nitro benzene ring substituents is 1. The first kappa shape index (κ1) is 17.7. The Morgan fingerprint density at radius 2 is 1.77 bits per heavy atom. The number of para-hydroxylation sites is 2. The molecule has 0 radical (unpaired) electrons. The Morgan fingerprint density at radius 3 is 2.46 bits per heavy atom. The van der Waals surface area contributed by atoms with Gasteiger partial charge in [0.05, 0.1) is 14.8 Å². The third-order valence-electron chi connectivity index (χ3n) is 3.49. The molecule has 0 spiro atoms. The molecule has 0 atom stereocenters. The number of nitrogens with zero attached hydrogens (tertiary/aromatic N) is 3. The van der Waals surface area contributed by atoms with E-state index in [0.717, 1.165) is 16.7 Å². The average molecular weight is 387 g/mol. The van der Waals surface area contributed by atoms with Crippen molar-refractivity contribution in [2.75, 3.05) is 4.90 Å². The fraction of sp³-hybridized carbons (Fsp3) is 0. The molecule has 130 valence electrons. The van der Waals surface area contributed by atoms with E-state index >= 15 is 0 Å². The number of benzene rings is 2. The quantitative estimate of drug-likeness (QED) is 0.339. The molecule has 1 saturated heterocycles. The molecule has 2 aromatic carbocycles. The molecule has 0 N–H and O–H groups in total. The number of rotatable bonds is 4. The number of hydrogen-bond donors (Lipinski definition) is 0. The third-order valence-corrected chi connectivity index (χ3v) is 4.79. The van der Waals surface area contributed by atoms with Crippen LogP contribution in [0.4, 0.5) is 17.1 Å². The van der Waals surface area contributed by atoms with Crippen molar-refractivity contribution < 1.29 is 14.6 Å². The Morgan fingerprint density at radius 1 is 1.04 bits per heavy atom. The molecule has 0 bridgehead atoms. The van der Waals surface area contributed by atoms with Crippen molar-refractivity contribution in [1.29, 1.82) is 0 Å². The molecule has 8 nitrogen and oxygen atoms in total. The van der Waals surface area contributed by atoms with Gasteiger partial charge in [-0.2, -0.15) is 0 Å². The van der Waals surface area contributed by atoms with E-state index in [4.69, 9.17) is 12.2 Å². The highest BCUT2D eigenvalue weighted by Gasteiger charge is 2.36. The zero-order chi connectivity index (χ0) is 18.8. The van der Waals surface area contributed by atoms with Crippen LogP contribution in [0.1, 0.15) is 5.56 Å². The van der Waals surface area contributed by atoms with Gasteiger partial charge in [-0.25, -0.2) is 0 Å². The van der Waals surface area contributed by atoms with Gasteiger partial charge in [0.1, 0.15) is 5.69 Å². The van der Waals surface area contributed by atoms with E-state index < -0.39 is 15.8 Å². The molecule has 0 saturated carbocycles. The lowest BCUT2D eigenvalue weighted by Gasteiger charge is -2.14. The van der Waals surface area contributed by atoms with Crippen molar-refractivity contribution in [1.82, 2.24) is 0 Å². The second-order valence-corrected chi connectivity index (χ2v) is 6.79. The van der Waals surface area contributed by atoms with Crippen LogP contribution in [-0.2, 0) is 4.79 Å². The highest BCUT2D eigenvalue weighted by molar-refractivity contribution is 8.27. The van der Waals surface area contributed by atoms with Gasteiger partial charge in [-0.1, -0.05) is 48.2 Å². The molecule has 1 heterocycles. The predicted molar refractivity (Wildman–Crippen MR) is 102 cm³/mol. The van der Waals surface area contributed by atoms with Gasteiger partial charge in [-0.05, 0) is 17.7 Å². The summed E-state index contributed by atoms with van der Waals surface area (Å²) in [6.45, 7) is 0. The molecule has 0 aliphatic carbocycles. The van der Waals surface area contributed by atoms with Gasteiger partial charge in [0.15, 0.2) is 4.32 Å². The van der Waals surface area contributed by atoms with E-state index in [1.807, 2.05) is 0 Å². The second kappa shape index (κ2) is 7.02. The number of carbonyl (C=O) groups excluding carboxylic acids is 1. The van der Waals surface area contributed by atoms with Crippen molar-refractivity contribution >= 4 is 57.3 Å². The van der Waals surface area contributed by atoms with Crippen LogP contribution in [0.3, 0.4) is 0 Å². The number of amides is 1. The predicted octanol–water partition coefficient (Wildman–Crippen LogP) is 3.91. The normalized spacial score (nSPS) is 15.5. The molecular formula is C16H9N3O5S2. The number of thiocarbonyl (C=S) groups is 1. The van der Waals surface area contributed by atoms with Crippen LogP contribution in [0.15, 0.2) is 53.4 Å². The van der Waals surface area contributed by atoms with Gasteiger partial charge >= 0.3 is 0 Å². The maximum Gasteiger partial charge on any atom is 0.293 e. The maximum absolute atomic E-state index is 12.7. The van der Waals surface area contributed by atoms with E-state index in [1.54, 1.807) is 12.1 Å². The summed E-state index contributed by atoms with van der Waals surface area (Å²) in [6.07, 6.45) is 1.47. The van der Waals surface area contributed by atoms with E-state index in [9.17, 15) is 25.0 Å². The third kappa shape index (κ3) is 3.32. The Kier molecular flexibility index (Phi) is 4.78. The van der Waals surface area contributed by atoms with E-state index in [1.165, 1.54) is 42.5 Å². The number of nitro benzene ring substituents is 2. The lowest BCUT2D eigenvalue weighted by molar-refractivity contribution is -0.384. The molecular weight excluding hydrogens is 378 g/mol. The molecule has 26 heavy (non-hydrogen) atoms. The maximum atomic E-state index is 12.7. The topological polar surface area (TPSA) is 107 Å². The SMILES string of the molecule is O=C1/C(=C/c2cccc([N+](=O)[O-])c2)SC(=S)N1c1ccccc1[N+](=O)[O-]. The van der Waals surface area contributed by atoms with Crippen molar-refractivity contribution in [2.45, 2.75) is 0 Å². The summed E-state index contributed by atoms with van der Waals surface area (Å²) < 4.78 is 0.154. The monoisotopic (exact) mass is 387 g/mol. The highest BCUT2D eigenvalue weighted by atomic mass is 32.2. The number of hydrogen-bond acceptors (Lipinski definition) is 7. The zero-order valence-corrected chi connectivity index (χ0v) is 14.5. The van der Waals surface area contributed by atoms with Gasteiger partial charge in [0.25, 0.3) is 17.3 Å². The van der Waals surface area contributed by atoms with Gasteiger partial charge in [0, 0.05) is 18.2 Å². The van der Waals surface area contributed by atoms with Crippen LogP contribution in [0.2, 0.25) is 0 Å². The Bertz CT molecular complexity index is 989. The molecule has 2 aromatic rings. The van der Waals surface area contributed by atoms with E-state index in [0.29, 0.717) is 5.56 Å². The molecule has 1 amide bonds. The average Bonchev–Trinajstić information content (AvgIpc) is 2.88. The van der Waals surface area contributed by atoms with Crippen LogP contribution < -0.4 is 4.90 Å². The minimum atomic E-state index is -0.585. The summed E-state index contributed by atoms with van der Waals surface area (Å²) in [5.41, 5.74) is 0.207. The molecule has 1 aliphatic heterocycles. The number of carbonyl (C=O) groups is 1. The van der Waals surface area contributed by atoms with E-state index in [2.05, 4.69) is 0 Å². The fourth-order valence-electron chi connectivity index (χ4n) is 2.36. The van der Waals surface area contributed by atoms with Crippen molar-refractivity contribution in [3.8, 4) is 0 Å². The second-order valence-electron chi connectivity index (χ2n) is 5.12. The Balaban J connectivity index is 1.99. The van der Waals surface area contributed by atoms with E-state index in [-0.39, 0.29) is 26.3 Å². The summed E-state index contributed by atoms with van der Waals surface area (Å²) in [6, 6.07) is 11.6. The molecule has 3 rings (SSSR count). The number of anilines is 1. The van der Waals surface area contributed by atoms with Crippen molar-refractivity contribution in [2.24, 2.45) is 0 Å². The summed E-state index contributed by atoms with van der Waals surface area (Å²) in [5, 5.41) is 22.1. The molecule has 10 heteroatoms. The van der Waals surface area contributed by atoms with Crippen molar-refractivity contribution in [3.05, 3.63) is 79.2 Å². The van der Waals surface area contributed by atoms with Gasteiger partial charge < -0.3 is 0 Å². The fourth-order valence-corrected chi connectivity index (χ4v) is 3.65. The molecule has 0 unspecified atom stereocenters. The summed E-state index contributed by atoms with van der Waals surface area (Å²) in [4.78, 5) is 35.0. The molecule has 0 aromatic heterocycles. The zero-order valence-electron chi connectivity index (χ0n) is 12.9. The first-order chi connectivity index (χ1) is 12.4.